The largest absolute Gasteiger partial charge is 0.473 e. The second-order valence-corrected chi connectivity index (χ2v) is 5.39. The molecule has 0 amide bonds. The number of para-hydroxylation sites is 1. The van der Waals surface area contributed by atoms with Crippen molar-refractivity contribution >= 4 is 0 Å². The Labute approximate surface area is 130 Å². The zero-order valence-corrected chi connectivity index (χ0v) is 13.0. The number of rotatable bonds is 4. The number of hydrogen-bond acceptors (Lipinski definition) is 3. The Bertz CT molecular complexity index is 749. The van der Waals surface area contributed by atoms with Crippen molar-refractivity contribution in [3.05, 3.63) is 60.4 Å². The van der Waals surface area contributed by atoms with E-state index >= 15 is 0 Å². The third kappa shape index (κ3) is 2.72. The summed E-state index contributed by atoms with van der Waals surface area (Å²) in [6.07, 6.45) is 1.84. The summed E-state index contributed by atoms with van der Waals surface area (Å²) in [5, 5.41) is 4.65. The van der Waals surface area contributed by atoms with Gasteiger partial charge in [0.15, 0.2) is 0 Å². The standard InChI is InChI=1S/C18H19N3O/c1-13(2)22-18-17(16-11-7-8-12-19-16)14(3)21(20-18)15-9-5-4-6-10-15/h4-13H,1-3H3. The fourth-order valence-corrected chi connectivity index (χ4v) is 2.41. The Kier molecular flexibility index (Phi) is 3.92. The van der Waals surface area contributed by atoms with Gasteiger partial charge in [0.25, 0.3) is 0 Å². The fraction of sp³-hybridized carbons (Fsp3) is 0.222. The van der Waals surface area contributed by atoms with Crippen molar-refractivity contribution in [2.75, 3.05) is 0 Å². The molecular weight excluding hydrogens is 274 g/mol. The molecule has 3 aromatic rings. The molecule has 0 saturated carbocycles. The maximum absolute atomic E-state index is 5.91. The van der Waals surface area contributed by atoms with Gasteiger partial charge in [-0.1, -0.05) is 24.3 Å². The number of ether oxygens (including phenoxy) is 1. The smallest absolute Gasteiger partial charge is 0.243 e. The van der Waals surface area contributed by atoms with Crippen LogP contribution in [0.2, 0.25) is 0 Å². The monoisotopic (exact) mass is 293 g/mol. The van der Waals surface area contributed by atoms with Crippen LogP contribution in [0, 0.1) is 6.92 Å². The quantitative estimate of drug-likeness (QED) is 0.729. The summed E-state index contributed by atoms with van der Waals surface area (Å²) in [5.41, 5.74) is 3.84. The van der Waals surface area contributed by atoms with Crippen molar-refractivity contribution in [3.8, 4) is 22.8 Å². The third-order valence-corrected chi connectivity index (χ3v) is 3.35. The molecule has 1 aromatic carbocycles. The molecule has 112 valence electrons. The van der Waals surface area contributed by atoms with Crippen LogP contribution in [-0.2, 0) is 0 Å². The average molecular weight is 293 g/mol. The molecule has 4 nitrogen and oxygen atoms in total. The minimum atomic E-state index is 0.0565. The summed E-state index contributed by atoms with van der Waals surface area (Å²) in [6, 6.07) is 15.9. The lowest BCUT2D eigenvalue weighted by atomic mass is 10.1. The highest BCUT2D eigenvalue weighted by molar-refractivity contribution is 5.68. The molecule has 0 atom stereocenters. The highest BCUT2D eigenvalue weighted by atomic mass is 16.5. The molecule has 0 N–H and O–H groups in total. The highest BCUT2D eigenvalue weighted by Crippen LogP contribution is 2.33. The lowest BCUT2D eigenvalue weighted by Crippen LogP contribution is -2.07. The van der Waals surface area contributed by atoms with E-state index in [0.717, 1.165) is 22.6 Å². The predicted octanol–water partition coefficient (Wildman–Crippen LogP) is 4.03. The summed E-state index contributed by atoms with van der Waals surface area (Å²) in [4.78, 5) is 4.45. The molecule has 0 radical (unpaired) electrons. The molecule has 0 spiro atoms. The number of pyridine rings is 1. The van der Waals surface area contributed by atoms with Gasteiger partial charge in [-0.25, -0.2) is 4.68 Å². The van der Waals surface area contributed by atoms with Gasteiger partial charge in [0, 0.05) is 6.20 Å². The lowest BCUT2D eigenvalue weighted by molar-refractivity contribution is 0.232. The molecule has 0 aliphatic heterocycles. The number of nitrogens with zero attached hydrogens (tertiary/aromatic N) is 3. The molecule has 2 heterocycles. The number of aromatic nitrogens is 3. The summed E-state index contributed by atoms with van der Waals surface area (Å²) in [7, 11) is 0. The first-order valence-corrected chi connectivity index (χ1v) is 7.40. The van der Waals surface area contributed by atoms with E-state index in [1.165, 1.54) is 0 Å². The summed E-state index contributed by atoms with van der Waals surface area (Å²) >= 11 is 0. The van der Waals surface area contributed by atoms with E-state index in [-0.39, 0.29) is 6.10 Å². The van der Waals surface area contributed by atoms with Crippen LogP contribution in [0.1, 0.15) is 19.5 Å². The first-order valence-electron chi connectivity index (χ1n) is 7.40. The van der Waals surface area contributed by atoms with Crippen LogP contribution in [0.5, 0.6) is 5.88 Å². The van der Waals surface area contributed by atoms with Gasteiger partial charge in [0.1, 0.15) is 0 Å². The van der Waals surface area contributed by atoms with Gasteiger partial charge in [0.2, 0.25) is 5.88 Å². The lowest BCUT2D eigenvalue weighted by Gasteiger charge is -2.08. The molecule has 0 aliphatic carbocycles. The van der Waals surface area contributed by atoms with Crippen molar-refractivity contribution < 1.29 is 4.74 Å². The molecule has 0 fully saturated rings. The van der Waals surface area contributed by atoms with E-state index in [9.17, 15) is 0 Å². The van der Waals surface area contributed by atoms with Crippen molar-refractivity contribution in [2.45, 2.75) is 26.9 Å². The van der Waals surface area contributed by atoms with E-state index in [4.69, 9.17) is 4.74 Å². The van der Waals surface area contributed by atoms with Crippen LogP contribution in [0.3, 0.4) is 0 Å². The van der Waals surface area contributed by atoms with Crippen LogP contribution in [0.15, 0.2) is 54.7 Å². The van der Waals surface area contributed by atoms with Crippen molar-refractivity contribution in [2.24, 2.45) is 0 Å². The third-order valence-electron chi connectivity index (χ3n) is 3.35. The second-order valence-electron chi connectivity index (χ2n) is 5.39. The Morgan fingerprint density at radius 1 is 1.00 bits per heavy atom. The fourth-order valence-electron chi connectivity index (χ4n) is 2.41. The maximum Gasteiger partial charge on any atom is 0.243 e. The van der Waals surface area contributed by atoms with E-state index in [2.05, 4.69) is 10.1 Å². The first kappa shape index (κ1) is 14.3. The van der Waals surface area contributed by atoms with Gasteiger partial charge in [-0.05, 0) is 45.0 Å². The first-order chi connectivity index (χ1) is 10.7. The molecule has 0 unspecified atom stereocenters. The molecule has 3 rings (SSSR count). The second kappa shape index (κ2) is 6.02. The minimum absolute atomic E-state index is 0.0565. The summed E-state index contributed by atoms with van der Waals surface area (Å²) in [6.45, 7) is 6.04. The molecular formula is C18H19N3O. The Balaban J connectivity index is 2.17. The van der Waals surface area contributed by atoms with Gasteiger partial charge in [-0.15, -0.1) is 5.10 Å². The van der Waals surface area contributed by atoms with E-state index in [1.54, 1.807) is 6.20 Å². The Morgan fingerprint density at radius 3 is 2.36 bits per heavy atom. The molecule has 2 aromatic heterocycles. The molecule has 0 aliphatic rings. The van der Waals surface area contributed by atoms with Gasteiger partial charge in [0.05, 0.1) is 28.7 Å². The van der Waals surface area contributed by atoms with Crippen LogP contribution in [-0.4, -0.2) is 20.9 Å². The SMILES string of the molecule is Cc1c(-c2ccccn2)c(OC(C)C)nn1-c1ccccc1. The van der Waals surface area contributed by atoms with Gasteiger partial charge in [-0.3, -0.25) is 4.98 Å². The molecule has 0 bridgehead atoms. The Hall–Kier alpha value is -2.62. The van der Waals surface area contributed by atoms with Gasteiger partial charge < -0.3 is 4.74 Å². The normalized spacial score (nSPS) is 10.9. The van der Waals surface area contributed by atoms with E-state index < -0.39 is 0 Å². The summed E-state index contributed by atoms with van der Waals surface area (Å²) < 4.78 is 7.82. The highest BCUT2D eigenvalue weighted by Gasteiger charge is 2.20. The zero-order chi connectivity index (χ0) is 15.5. The molecule has 0 saturated heterocycles. The number of hydrogen-bond donors (Lipinski definition) is 0. The van der Waals surface area contributed by atoms with Crippen molar-refractivity contribution in [1.82, 2.24) is 14.8 Å². The van der Waals surface area contributed by atoms with Crippen LogP contribution >= 0.6 is 0 Å². The topological polar surface area (TPSA) is 39.9 Å². The van der Waals surface area contributed by atoms with Gasteiger partial charge in [-0.2, -0.15) is 0 Å². The van der Waals surface area contributed by atoms with Crippen LogP contribution < -0.4 is 4.74 Å². The Morgan fingerprint density at radius 2 is 1.73 bits per heavy atom. The van der Waals surface area contributed by atoms with Crippen molar-refractivity contribution in [1.29, 1.82) is 0 Å². The van der Waals surface area contributed by atoms with Gasteiger partial charge >= 0.3 is 0 Å². The number of benzene rings is 1. The summed E-state index contributed by atoms with van der Waals surface area (Å²) in [5.74, 6) is 0.620. The maximum atomic E-state index is 5.91. The molecule has 22 heavy (non-hydrogen) atoms. The van der Waals surface area contributed by atoms with E-state index in [1.807, 2.05) is 74.0 Å². The zero-order valence-electron chi connectivity index (χ0n) is 13.0. The predicted molar refractivity (Wildman–Crippen MR) is 87.3 cm³/mol. The minimum Gasteiger partial charge on any atom is -0.473 e. The molecule has 4 heteroatoms. The van der Waals surface area contributed by atoms with Crippen LogP contribution in [0.4, 0.5) is 0 Å². The van der Waals surface area contributed by atoms with Crippen molar-refractivity contribution in [3.63, 3.8) is 0 Å². The van der Waals surface area contributed by atoms with Crippen LogP contribution in [0.25, 0.3) is 16.9 Å². The van der Waals surface area contributed by atoms with E-state index in [0.29, 0.717) is 5.88 Å². The average Bonchev–Trinajstić information content (AvgIpc) is 2.85.